The quantitative estimate of drug-likeness (QED) is 0.544. The molecular formula is C9H10FNO4. The first-order chi connectivity index (χ1) is 6.83. The van der Waals surface area contributed by atoms with Crippen LogP contribution in [0.2, 0.25) is 0 Å². The lowest BCUT2D eigenvalue weighted by molar-refractivity contribution is -0.150. The number of carboxylic acid groups (broad SMARTS) is 1. The van der Waals surface area contributed by atoms with E-state index in [1.807, 2.05) is 0 Å². The van der Waals surface area contributed by atoms with E-state index in [0.29, 0.717) is 0 Å². The van der Waals surface area contributed by atoms with Crippen molar-refractivity contribution >= 4 is 5.97 Å². The van der Waals surface area contributed by atoms with Crippen molar-refractivity contribution in [3.05, 3.63) is 23.8 Å². The van der Waals surface area contributed by atoms with Crippen molar-refractivity contribution in [1.29, 1.82) is 0 Å². The number of aliphatic carboxylic acids is 1. The minimum atomic E-state index is -2.94. The van der Waals surface area contributed by atoms with E-state index < -0.39 is 23.9 Å². The molecule has 0 bridgehead atoms. The third-order valence-electron chi connectivity index (χ3n) is 1.87. The summed E-state index contributed by atoms with van der Waals surface area (Å²) in [6.07, 6.45) is -0.672. The van der Waals surface area contributed by atoms with Crippen molar-refractivity contribution < 1.29 is 24.5 Å². The Morgan fingerprint density at radius 3 is 2.53 bits per heavy atom. The van der Waals surface area contributed by atoms with Crippen LogP contribution in [0.5, 0.6) is 11.5 Å². The van der Waals surface area contributed by atoms with Crippen LogP contribution < -0.4 is 5.73 Å². The van der Waals surface area contributed by atoms with Crippen LogP contribution in [0.3, 0.4) is 0 Å². The molecule has 0 aliphatic rings. The molecule has 0 aliphatic carbocycles. The van der Waals surface area contributed by atoms with Crippen molar-refractivity contribution in [1.82, 2.24) is 0 Å². The Bertz CT molecular complexity index is 392. The molecule has 1 rings (SSSR count). The number of phenols is 2. The predicted octanol–water partition coefficient (Wildman–Crippen LogP) is 0.349. The van der Waals surface area contributed by atoms with Gasteiger partial charge < -0.3 is 15.3 Å². The average Bonchev–Trinajstić information content (AvgIpc) is 2.09. The molecule has 1 aromatic carbocycles. The van der Waals surface area contributed by atoms with Gasteiger partial charge in [0.05, 0.1) is 0 Å². The molecule has 0 spiro atoms. The number of hydrogen-bond acceptors (Lipinski definition) is 4. The molecule has 0 aliphatic heterocycles. The number of aromatic hydroxyl groups is 2. The van der Waals surface area contributed by atoms with Crippen molar-refractivity contribution in [2.75, 3.05) is 0 Å². The second kappa shape index (κ2) is 3.74. The van der Waals surface area contributed by atoms with Crippen molar-refractivity contribution in [3.8, 4) is 11.5 Å². The molecule has 0 fully saturated rings. The maximum absolute atomic E-state index is 13.2. The highest BCUT2D eigenvalue weighted by molar-refractivity contribution is 5.77. The fourth-order valence-electron chi connectivity index (χ4n) is 1.05. The third-order valence-corrected chi connectivity index (χ3v) is 1.87. The van der Waals surface area contributed by atoms with Crippen LogP contribution in [-0.2, 0) is 11.2 Å². The Morgan fingerprint density at radius 1 is 1.47 bits per heavy atom. The normalized spacial score (nSPS) is 14.5. The van der Waals surface area contributed by atoms with E-state index in [2.05, 4.69) is 0 Å². The maximum atomic E-state index is 13.2. The molecule has 0 heterocycles. The molecule has 82 valence electrons. The zero-order chi connectivity index (χ0) is 11.6. The predicted molar refractivity (Wildman–Crippen MR) is 49.1 cm³/mol. The Labute approximate surface area is 84.6 Å². The van der Waals surface area contributed by atoms with E-state index in [4.69, 9.17) is 15.9 Å². The first-order valence-corrected chi connectivity index (χ1v) is 4.05. The molecule has 6 heteroatoms. The van der Waals surface area contributed by atoms with Gasteiger partial charge in [0, 0.05) is 12.5 Å². The van der Waals surface area contributed by atoms with Crippen molar-refractivity contribution in [3.63, 3.8) is 0 Å². The van der Waals surface area contributed by atoms with Gasteiger partial charge >= 0.3 is 5.97 Å². The average molecular weight is 215 g/mol. The van der Waals surface area contributed by atoms with E-state index in [1.54, 1.807) is 0 Å². The monoisotopic (exact) mass is 215 g/mol. The highest BCUT2D eigenvalue weighted by atomic mass is 19.1. The van der Waals surface area contributed by atoms with Crippen LogP contribution in [0.4, 0.5) is 4.39 Å². The fraction of sp³-hybridized carbons (Fsp3) is 0.222. The lowest BCUT2D eigenvalue weighted by Gasteiger charge is -2.15. The molecular weight excluding hydrogens is 205 g/mol. The highest BCUT2D eigenvalue weighted by Crippen LogP contribution is 2.26. The molecule has 0 radical (unpaired) electrons. The summed E-state index contributed by atoms with van der Waals surface area (Å²) in [4.78, 5) is 10.4. The highest BCUT2D eigenvalue weighted by Gasteiger charge is 2.34. The molecule has 0 saturated heterocycles. The molecule has 0 aromatic heterocycles. The van der Waals surface area contributed by atoms with Crippen LogP contribution in [0.15, 0.2) is 18.2 Å². The van der Waals surface area contributed by atoms with E-state index in [1.165, 1.54) is 12.1 Å². The smallest absolute Gasteiger partial charge is 0.356 e. The Balaban J connectivity index is 2.95. The van der Waals surface area contributed by atoms with Gasteiger partial charge in [0.25, 0.3) is 5.79 Å². The minimum Gasteiger partial charge on any atom is -0.508 e. The zero-order valence-corrected chi connectivity index (χ0v) is 7.64. The number of nitrogens with two attached hydrogens (primary N) is 1. The Hall–Kier alpha value is -1.82. The molecule has 1 atom stereocenters. The van der Waals surface area contributed by atoms with E-state index in [0.717, 1.165) is 6.07 Å². The molecule has 5 N–H and O–H groups in total. The first-order valence-electron chi connectivity index (χ1n) is 4.05. The van der Waals surface area contributed by atoms with Gasteiger partial charge in [-0.25, -0.2) is 9.18 Å². The van der Waals surface area contributed by atoms with Crippen molar-refractivity contribution in [2.45, 2.75) is 12.2 Å². The second-order valence-electron chi connectivity index (χ2n) is 3.16. The van der Waals surface area contributed by atoms with Crippen molar-refractivity contribution in [2.24, 2.45) is 5.73 Å². The maximum Gasteiger partial charge on any atom is 0.356 e. The summed E-state index contributed by atoms with van der Waals surface area (Å²) < 4.78 is 13.2. The van der Waals surface area contributed by atoms with E-state index in [9.17, 15) is 14.3 Å². The zero-order valence-electron chi connectivity index (χ0n) is 7.64. The van der Waals surface area contributed by atoms with Gasteiger partial charge in [-0.1, -0.05) is 6.07 Å². The SMILES string of the molecule is N[C@@](F)(Cc1ccc(O)cc1O)C(=O)O. The van der Waals surface area contributed by atoms with E-state index in [-0.39, 0.29) is 11.3 Å². The molecule has 0 unspecified atom stereocenters. The molecule has 15 heavy (non-hydrogen) atoms. The summed E-state index contributed by atoms with van der Waals surface area (Å²) in [7, 11) is 0. The number of halogens is 1. The first kappa shape index (κ1) is 11.3. The van der Waals surface area contributed by atoms with Gasteiger partial charge in [-0.2, -0.15) is 0 Å². The summed E-state index contributed by atoms with van der Waals surface area (Å²) in [5, 5.41) is 26.6. The number of benzene rings is 1. The summed E-state index contributed by atoms with van der Waals surface area (Å²) in [6, 6.07) is 3.38. The molecule has 0 saturated carbocycles. The summed E-state index contributed by atoms with van der Waals surface area (Å²) in [5.74, 6) is -5.35. The Morgan fingerprint density at radius 2 is 2.07 bits per heavy atom. The van der Waals surface area contributed by atoms with Gasteiger partial charge in [0.2, 0.25) is 0 Å². The largest absolute Gasteiger partial charge is 0.508 e. The van der Waals surface area contributed by atoms with Crippen LogP contribution >= 0.6 is 0 Å². The van der Waals surface area contributed by atoms with Crippen LogP contribution in [-0.4, -0.2) is 27.1 Å². The number of rotatable bonds is 3. The number of carbonyl (C=O) groups is 1. The van der Waals surface area contributed by atoms with Crippen LogP contribution in [0.1, 0.15) is 5.56 Å². The topological polar surface area (TPSA) is 104 Å². The summed E-state index contributed by atoms with van der Waals surface area (Å²) in [5.41, 5.74) is 4.87. The molecule has 0 amide bonds. The van der Waals surface area contributed by atoms with Gasteiger partial charge in [0.1, 0.15) is 11.5 Å². The number of phenolic OH excluding ortho intramolecular Hbond substituents is 2. The molecule has 5 nitrogen and oxygen atoms in total. The lowest BCUT2D eigenvalue weighted by atomic mass is 10.0. The number of carboxylic acids is 1. The molecule has 1 aromatic rings. The van der Waals surface area contributed by atoms with E-state index >= 15 is 0 Å². The Kier molecular flexibility index (Phi) is 2.81. The van der Waals surface area contributed by atoms with Crippen LogP contribution in [0.25, 0.3) is 0 Å². The fourth-order valence-corrected chi connectivity index (χ4v) is 1.05. The van der Waals surface area contributed by atoms with Gasteiger partial charge in [0.15, 0.2) is 0 Å². The second-order valence-corrected chi connectivity index (χ2v) is 3.16. The van der Waals surface area contributed by atoms with Gasteiger partial charge in [-0.15, -0.1) is 0 Å². The van der Waals surface area contributed by atoms with Gasteiger partial charge in [-0.3, -0.25) is 5.73 Å². The number of hydrogen-bond donors (Lipinski definition) is 4. The minimum absolute atomic E-state index is 0.0141. The third kappa shape index (κ3) is 2.57. The number of alkyl halides is 1. The standard InChI is InChI=1S/C9H10FNO4/c10-9(11,8(14)15)4-5-1-2-6(12)3-7(5)13/h1-3,12-13H,4,11H2,(H,14,15)/t9-/m0/s1. The lowest BCUT2D eigenvalue weighted by Crippen LogP contribution is -2.45. The van der Waals surface area contributed by atoms with Crippen LogP contribution in [0, 0.1) is 0 Å². The summed E-state index contributed by atoms with van der Waals surface area (Å²) >= 11 is 0. The summed E-state index contributed by atoms with van der Waals surface area (Å²) in [6.45, 7) is 0. The van der Waals surface area contributed by atoms with Gasteiger partial charge in [-0.05, 0) is 11.6 Å².